The molecule has 4 heteroatoms. The predicted molar refractivity (Wildman–Crippen MR) is 177 cm³/mol. The van der Waals surface area contributed by atoms with Crippen molar-refractivity contribution in [2.75, 3.05) is 26.4 Å². The van der Waals surface area contributed by atoms with Crippen LogP contribution in [0.25, 0.3) is 43.8 Å². The molecule has 0 saturated heterocycles. The topological polar surface area (TPSA) is 36.9 Å². The van der Waals surface area contributed by atoms with E-state index in [4.69, 9.17) is 18.9 Å². The molecule has 0 aromatic heterocycles. The lowest BCUT2D eigenvalue weighted by molar-refractivity contribution is 0.301. The van der Waals surface area contributed by atoms with Crippen LogP contribution < -0.4 is 18.9 Å². The predicted octanol–water partition coefficient (Wildman–Crippen LogP) is 11.0. The summed E-state index contributed by atoms with van der Waals surface area (Å²) < 4.78 is 26.8. The second kappa shape index (κ2) is 13.7. The molecule has 0 atom stereocenters. The maximum atomic E-state index is 6.71. The van der Waals surface area contributed by atoms with Crippen LogP contribution in [0.4, 0.5) is 0 Å². The normalized spacial score (nSPS) is 11.8. The molecule has 0 radical (unpaired) electrons. The lowest BCUT2D eigenvalue weighted by Crippen LogP contribution is -2.14. The fraction of sp³-hybridized carbons (Fsp3) is 0.474. The third-order valence-electron chi connectivity index (χ3n) is 8.21. The van der Waals surface area contributed by atoms with E-state index in [1.54, 1.807) is 0 Å². The van der Waals surface area contributed by atoms with Crippen LogP contribution in [0.2, 0.25) is 0 Å². The van der Waals surface area contributed by atoms with Gasteiger partial charge in [-0.15, -0.1) is 0 Å². The highest BCUT2D eigenvalue weighted by Crippen LogP contribution is 2.67. The molecule has 0 heterocycles. The Kier molecular flexibility index (Phi) is 9.82. The largest absolute Gasteiger partial charge is 0.492 e. The van der Waals surface area contributed by atoms with Crippen molar-refractivity contribution in [2.24, 2.45) is 0 Å². The number of hydrogen-bond acceptors (Lipinski definition) is 4. The van der Waals surface area contributed by atoms with Gasteiger partial charge < -0.3 is 18.9 Å². The van der Waals surface area contributed by atoms with Crippen molar-refractivity contribution in [3.8, 4) is 45.3 Å². The van der Waals surface area contributed by atoms with Gasteiger partial charge in [0.25, 0.3) is 0 Å². The van der Waals surface area contributed by atoms with Crippen LogP contribution in [0.3, 0.4) is 0 Å². The van der Waals surface area contributed by atoms with E-state index in [1.807, 2.05) is 0 Å². The zero-order chi connectivity index (χ0) is 29.6. The molecule has 0 unspecified atom stereocenters. The standard InChI is InChI=1S/C38H48O4/c1-7-11-19-39-35-27-17-15-25(5)23-29(27)37(41-21-13-9-3)33-31(35)34-32(33)36(40-20-12-8-2)28-18-16-26(6)24-30(28)38(34)42-22-14-10-4/h15-18,23-24H,7-14,19-22H2,1-6H3. The molecule has 42 heavy (non-hydrogen) atoms. The van der Waals surface area contributed by atoms with Gasteiger partial charge in [0, 0.05) is 43.8 Å². The first-order valence-corrected chi connectivity index (χ1v) is 16.3. The van der Waals surface area contributed by atoms with Crippen LogP contribution >= 0.6 is 0 Å². The summed E-state index contributed by atoms with van der Waals surface area (Å²) in [4.78, 5) is 0. The number of benzene rings is 4. The molecular weight excluding hydrogens is 520 g/mol. The smallest absolute Gasteiger partial charge is 0.136 e. The number of ether oxygens (including phenoxy) is 4. The molecule has 1 aliphatic carbocycles. The summed E-state index contributed by atoms with van der Waals surface area (Å²) in [5.74, 6) is 3.77. The Bertz CT molecular complexity index is 1420. The molecule has 0 saturated carbocycles. The Balaban J connectivity index is 1.86. The van der Waals surface area contributed by atoms with E-state index in [0.717, 1.165) is 118 Å². The molecular formula is C38H48O4. The van der Waals surface area contributed by atoms with E-state index in [9.17, 15) is 0 Å². The van der Waals surface area contributed by atoms with E-state index >= 15 is 0 Å². The van der Waals surface area contributed by atoms with Crippen LogP contribution in [0.5, 0.6) is 23.0 Å². The number of hydrogen-bond donors (Lipinski definition) is 0. The zero-order valence-electron chi connectivity index (χ0n) is 26.6. The maximum Gasteiger partial charge on any atom is 0.136 e. The SMILES string of the molecule is CCCCOc1c2c(c(OCCCC)c3cc(C)ccc13)-c1c-2c(OCCCC)c2cc(C)ccc2c1OCCCC. The van der Waals surface area contributed by atoms with Crippen molar-refractivity contribution in [3.63, 3.8) is 0 Å². The van der Waals surface area contributed by atoms with Crippen LogP contribution in [-0.4, -0.2) is 26.4 Å². The molecule has 224 valence electrons. The van der Waals surface area contributed by atoms with Gasteiger partial charge in [0.1, 0.15) is 23.0 Å². The van der Waals surface area contributed by atoms with E-state index in [0.29, 0.717) is 26.4 Å². The van der Waals surface area contributed by atoms with Crippen molar-refractivity contribution in [3.05, 3.63) is 47.5 Å². The monoisotopic (exact) mass is 568 g/mol. The van der Waals surface area contributed by atoms with Gasteiger partial charge in [0.15, 0.2) is 0 Å². The van der Waals surface area contributed by atoms with E-state index in [1.165, 1.54) is 11.1 Å². The van der Waals surface area contributed by atoms with E-state index < -0.39 is 0 Å². The zero-order valence-corrected chi connectivity index (χ0v) is 26.6. The summed E-state index contributed by atoms with van der Waals surface area (Å²) >= 11 is 0. The van der Waals surface area contributed by atoms with E-state index in [2.05, 4.69) is 77.9 Å². The molecule has 0 N–H and O–H groups in total. The lowest BCUT2D eigenvalue weighted by Gasteiger charge is -2.35. The van der Waals surface area contributed by atoms with Gasteiger partial charge in [-0.25, -0.2) is 0 Å². The van der Waals surface area contributed by atoms with Crippen molar-refractivity contribution in [1.82, 2.24) is 0 Å². The Labute approximate surface area is 252 Å². The van der Waals surface area contributed by atoms with Gasteiger partial charge in [-0.2, -0.15) is 0 Å². The van der Waals surface area contributed by atoms with Gasteiger partial charge >= 0.3 is 0 Å². The van der Waals surface area contributed by atoms with E-state index in [-0.39, 0.29) is 0 Å². The summed E-state index contributed by atoms with van der Waals surface area (Å²) in [5, 5.41) is 4.42. The van der Waals surface area contributed by atoms with Crippen molar-refractivity contribution in [1.29, 1.82) is 0 Å². The van der Waals surface area contributed by atoms with Crippen LogP contribution in [-0.2, 0) is 0 Å². The molecule has 0 aliphatic heterocycles. The summed E-state index contributed by atoms with van der Waals surface area (Å²) in [5.41, 5.74) is 6.86. The quantitative estimate of drug-likeness (QED) is 0.111. The van der Waals surface area contributed by atoms with Crippen molar-refractivity contribution >= 4 is 21.5 Å². The molecule has 0 bridgehead atoms. The highest BCUT2D eigenvalue weighted by molar-refractivity contribution is 6.24. The summed E-state index contributed by atoms with van der Waals surface area (Å²) in [6.45, 7) is 15.8. The molecule has 4 nitrogen and oxygen atoms in total. The average molecular weight is 569 g/mol. The first-order valence-electron chi connectivity index (χ1n) is 16.3. The number of unbranched alkanes of at least 4 members (excludes halogenated alkanes) is 4. The van der Waals surface area contributed by atoms with Gasteiger partial charge in [-0.1, -0.05) is 88.8 Å². The minimum atomic E-state index is 0.676. The van der Waals surface area contributed by atoms with Crippen LogP contribution in [0.1, 0.15) is 90.2 Å². The lowest BCUT2D eigenvalue weighted by atomic mass is 9.74. The van der Waals surface area contributed by atoms with Crippen molar-refractivity contribution < 1.29 is 18.9 Å². The third kappa shape index (κ3) is 5.65. The molecule has 4 aromatic rings. The summed E-state index contributed by atoms with van der Waals surface area (Å²) in [7, 11) is 0. The molecule has 0 spiro atoms. The first-order chi connectivity index (χ1) is 20.5. The molecule has 5 rings (SSSR count). The Morgan fingerprint density at radius 2 is 0.690 bits per heavy atom. The Morgan fingerprint density at radius 1 is 0.405 bits per heavy atom. The minimum absolute atomic E-state index is 0.676. The summed E-state index contributed by atoms with van der Waals surface area (Å²) in [6, 6.07) is 13.3. The highest BCUT2D eigenvalue weighted by atomic mass is 16.5. The maximum absolute atomic E-state index is 6.71. The third-order valence-corrected chi connectivity index (χ3v) is 8.21. The summed E-state index contributed by atoms with van der Waals surface area (Å²) in [6.07, 6.45) is 8.35. The van der Waals surface area contributed by atoms with Crippen LogP contribution in [0, 0.1) is 13.8 Å². The van der Waals surface area contributed by atoms with Crippen LogP contribution in [0.15, 0.2) is 36.4 Å². The fourth-order valence-corrected chi connectivity index (χ4v) is 5.85. The minimum Gasteiger partial charge on any atom is -0.492 e. The molecule has 0 amide bonds. The molecule has 4 aromatic carbocycles. The first kappa shape index (κ1) is 30.1. The van der Waals surface area contributed by atoms with Gasteiger partial charge in [0.2, 0.25) is 0 Å². The van der Waals surface area contributed by atoms with Crippen molar-refractivity contribution in [2.45, 2.75) is 92.9 Å². The van der Waals surface area contributed by atoms with Gasteiger partial charge in [-0.3, -0.25) is 0 Å². The molecule has 1 aliphatic rings. The van der Waals surface area contributed by atoms with Gasteiger partial charge in [-0.05, 0) is 51.7 Å². The highest BCUT2D eigenvalue weighted by Gasteiger charge is 2.40. The Hall–Kier alpha value is -3.40. The average Bonchev–Trinajstić information content (AvgIpc) is 2.97. The number of aryl methyl sites for hydroxylation is 2. The Morgan fingerprint density at radius 3 is 0.976 bits per heavy atom. The molecule has 0 fully saturated rings. The second-order valence-corrected chi connectivity index (χ2v) is 11.7. The number of rotatable bonds is 16. The van der Waals surface area contributed by atoms with Gasteiger partial charge in [0.05, 0.1) is 26.4 Å². The number of fused-ring (bicyclic) bond motifs is 6. The fourth-order valence-electron chi connectivity index (χ4n) is 5.85. The second-order valence-electron chi connectivity index (χ2n) is 11.7.